The molecular formula is C34H42N4O10S. The van der Waals surface area contributed by atoms with Crippen LogP contribution in [0.5, 0.6) is 17.2 Å². The van der Waals surface area contributed by atoms with Crippen LogP contribution in [0.2, 0.25) is 0 Å². The molecule has 15 heteroatoms. The molecule has 0 saturated heterocycles. The Morgan fingerprint density at radius 3 is 2.51 bits per heavy atom. The maximum absolute atomic E-state index is 13.3. The standard InChI is InChI=1S/C33H40N4O9.CH2OS/c1-23(38)35-28(13-8-9-19-45-37(40)41)33(39)46-24(21-34-18-20-43-30-16-7-6-15-29(30)42-2)22-44-31-17-10-14-27-32(31)25-11-4-3-5-12-26(25)36-27;2-1-3/h4-7,10-12,14-17,24,28,34,36H,3,8-9,13,18-22H2,1-2H3,(H,35,38);1H,(H,2,3). The zero-order valence-electron chi connectivity index (χ0n) is 27.4. The Balaban J connectivity index is 0.00000209. The number of unbranched alkanes of at least 4 members (excludes halogenated alkanes) is 1. The predicted octanol–water partition coefficient (Wildman–Crippen LogP) is 4.56. The van der Waals surface area contributed by atoms with Crippen molar-refractivity contribution in [2.24, 2.45) is 0 Å². The van der Waals surface area contributed by atoms with E-state index in [4.69, 9.17) is 23.7 Å². The van der Waals surface area contributed by atoms with E-state index >= 15 is 0 Å². The van der Waals surface area contributed by atoms with Gasteiger partial charge in [0.2, 0.25) is 5.91 Å². The van der Waals surface area contributed by atoms with Crippen molar-refractivity contribution in [2.45, 2.75) is 44.8 Å². The number of aromatic nitrogens is 1. The van der Waals surface area contributed by atoms with Crippen LogP contribution in [0, 0.1) is 10.1 Å². The first-order valence-electron chi connectivity index (χ1n) is 15.7. The van der Waals surface area contributed by atoms with Crippen molar-refractivity contribution in [2.75, 3.05) is 40.0 Å². The minimum Gasteiger partial charge on any atom is -0.493 e. The topological polar surface area (TPSA) is 180 Å². The molecule has 3 N–H and O–H groups in total. The van der Waals surface area contributed by atoms with Crippen molar-refractivity contribution < 1.29 is 43.3 Å². The third-order valence-corrected chi connectivity index (χ3v) is 7.13. The maximum atomic E-state index is 13.3. The van der Waals surface area contributed by atoms with Crippen LogP contribution in [-0.4, -0.2) is 79.7 Å². The van der Waals surface area contributed by atoms with Crippen molar-refractivity contribution in [1.29, 1.82) is 0 Å². The number of methoxy groups -OCH3 is 1. The molecule has 1 heterocycles. The van der Waals surface area contributed by atoms with Gasteiger partial charge in [0.05, 0.1) is 19.2 Å². The van der Waals surface area contributed by atoms with Gasteiger partial charge in [0, 0.05) is 36.7 Å². The number of esters is 1. The lowest BCUT2D eigenvalue weighted by Gasteiger charge is -2.23. The molecule has 14 nitrogen and oxygen atoms in total. The van der Waals surface area contributed by atoms with E-state index < -0.39 is 29.1 Å². The molecule has 2 unspecified atom stereocenters. The second-order valence-corrected chi connectivity index (χ2v) is 10.9. The van der Waals surface area contributed by atoms with Gasteiger partial charge in [-0.25, -0.2) is 4.79 Å². The Labute approximate surface area is 289 Å². The summed E-state index contributed by atoms with van der Waals surface area (Å²) in [5.74, 6) is 0.846. The number of aromatic amines is 1. The van der Waals surface area contributed by atoms with Crippen LogP contribution >= 0.6 is 12.6 Å². The summed E-state index contributed by atoms with van der Waals surface area (Å²) in [5.41, 5.74) is 3.37. The quantitative estimate of drug-likeness (QED) is 0.0344. The Bertz CT molecular complexity index is 1590. The van der Waals surface area contributed by atoms with Gasteiger partial charge in [-0.1, -0.05) is 36.4 Å². The Morgan fingerprint density at radius 2 is 1.78 bits per heavy atom. The number of carbonyl (C=O) groups is 3. The average Bonchev–Trinajstić information content (AvgIpc) is 3.27. The predicted molar refractivity (Wildman–Crippen MR) is 188 cm³/mol. The molecule has 0 saturated carbocycles. The summed E-state index contributed by atoms with van der Waals surface area (Å²) < 4.78 is 23.3. The Hall–Kier alpha value is -5.02. The highest BCUT2D eigenvalue weighted by atomic mass is 32.1. The highest BCUT2D eigenvalue weighted by molar-refractivity contribution is 7.94. The van der Waals surface area contributed by atoms with Gasteiger partial charge in [0.25, 0.3) is 5.09 Å². The second kappa shape index (κ2) is 21.1. The number of amides is 1. The SMILES string of the molecule is COc1ccccc1OCCNCC(COc1cccc2[nH]c3c(c12)C=CCC=C3)OC(=O)C(CCCCO[N+](=O)[O-])NC(C)=O.O=CS. The molecule has 2 aromatic carbocycles. The largest absolute Gasteiger partial charge is 0.493 e. The number of ether oxygens (including phenoxy) is 4. The molecule has 1 amide bonds. The Morgan fingerprint density at radius 1 is 1.04 bits per heavy atom. The first kappa shape index (κ1) is 38.4. The molecule has 1 aromatic heterocycles. The lowest BCUT2D eigenvalue weighted by atomic mass is 10.1. The molecule has 0 fully saturated rings. The molecule has 264 valence electrons. The number of allylic oxidation sites excluding steroid dienone is 2. The summed E-state index contributed by atoms with van der Waals surface area (Å²) in [6.07, 6.45) is 9.34. The number of rotatable bonds is 19. The van der Waals surface area contributed by atoms with Crippen molar-refractivity contribution >= 4 is 53.2 Å². The summed E-state index contributed by atoms with van der Waals surface area (Å²) in [6, 6.07) is 12.1. The molecule has 0 spiro atoms. The monoisotopic (exact) mass is 698 g/mol. The molecule has 0 aliphatic heterocycles. The van der Waals surface area contributed by atoms with Crippen molar-refractivity contribution in [3.63, 3.8) is 0 Å². The molecular weight excluding hydrogens is 656 g/mol. The van der Waals surface area contributed by atoms with E-state index in [0.29, 0.717) is 48.9 Å². The number of carbonyl (C=O) groups excluding carboxylic acids is 3. The van der Waals surface area contributed by atoms with Gasteiger partial charge >= 0.3 is 5.97 Å². The van der Waals surface area contributed by atoms with Crippen LogP contribution in [0.3, 0.4) is 0 Å². The maximum Gasteiger partial charge on any atom is 0.329 e. The summed E-state index contributed by atoms with van der Waals surface area (Å²) in [5, 5.41) is 16.4. The third kappa shape index (κ3) is 12.8. The Kier molecular flexibility index (Phi) is 16.5. The van der Waals surface area contributed by atoms with Gasteiger partial charge < -0.3 is 39.4 Å². The summed E-state index contributed by atoms with van der Waals surface area (Å²) >= 11 is 3.11. The third-order valence-electron chi connectivity index (χ3n) is 7.13. The van der Waals surface area contributed by atoms with E-state index in [0.717, 1.165) is 28.6 Å². The van der Waals surface area contributed by atoms with Crippen LogP contribution in [0.15, 0.2) is 54.6 Å². The van der Waals surface area contributed by atoms with Gasteiger partial charge in [0.15, 0.2) is 17.1 Å². The van der Waals surface area contributed by atoms with Gasteiger partial charge in [0.1, 0.15) is 31.1 Å². The van der Waals surface area contributed by atoms with Gasteiger partial charge in [-0.3, -0.25) is 9.59 Å². The molecule has 2 atom stereocenters. The second-order valence-electron chi connectivity index (χ2n) is 10.7. The normalized spacial score (nSPS) is 12.7. The number of H-pyrrole nitrogens is 1. The number of thiol groups is 1. The lowest BCUT2D eigenvalue weighted by molar-refractivity contribution is -0.757. The summed E-state index contributed by atoms with van der Waals surface area (Å²) in [4.78, 5) is 52.0. The highest BCUT2D eigenvalue weighted by Gasteiger charge is 2.25. The van der Waals surface area contributed by atoms with Crippen LogP contribution in [0.4, 0.5) is 0 Å². The minimum atomic E-state index is -0.940. The number of para-hydroxylation sites is 2. The fourth-order valence-corrected chi connectivity index (χ4v) is 5.02. The first-order chi connectivity index (χ1) is 23.8. The summed E-state index contributed by atoms with van der Waals surface area (Å²) in [6.45, 7) is 2.26. The number of hydrogen-bond donors (Lipinski definition) is 4. The van der Waals surface area contributed by atoms with E-state index in [1.165, 1.54) is 6.92 Å². The van der Waals surface area contributed by atoms with E-state index in [9.17, 15) is 19.7 Å². The van der Waals surface area contributed by atoms with Crippen LogP contribution in [0.1, 0.15) is 43.9 Å². The molecule has 4 rings (SSSR count). The van der Waals surface area contributed by atoms with E-state index in [-0.39, 0.29) is 26.2 Å². The number of nitrogens with zero attached hydrogens (tertiary/aromatic N) is 1. The van der Waals surface area contributed by atoms with Crippen LogP contribution in [0.25, 0.3) is 23.1 Å². The van der Waals surface area contributed by atoms with Gasteiger partial charge in [-0.2, -0.15) is 0 Å². The van der Waals surface area contributed by atoms with E-state index in [1.54, 1.807) is 7.11 Å². The molecule has 0 radical (unpaired) electrons. The smallest absolute Gasteiger partial charge is 0.329 e. The minimum absolute atomic E-state index is 0.0359. The molecule has 1 aliphatic rings. The van der Waals surface area contributed by atoms with Gasteiger partial charge in [-0.05, 0) is 56.0 Å². The number of fused-ring (bicyclic) bond motifs is 3. The van der Waals surface area contributed by atoms with Crippen LogP contribution in [-0.2, 0) is 24.0 Å². The van der Waals surface area contributed by atoms with E-state index in [1.807, 2.05) is 48.5 Å². The van der Waals surface area contributed by atoms with E-state index in [2.05, 4.69) is 51.3 Å². The summed E-state index contributed by atoms with van der Waals surface area (Å²) in [7, 11) is 1.58. The number of nitrogens with one attached hydrogen (secondary N) is 3. The zero-order valence-corrected chi connectivity index (χ0v) is 28.3. The number of benzene rings is 2. The molecule has 49 heavy (non-hydrogen) atoms. The number of hydrogen-bond acceptors (Lipinski definition) is 11. The van der Waals surface area contributed by atoms with Crippen LogP contribution < -0.4 is 24.8 Å². The molecule has 0 bridgehead atoms. The molecule has 1 aliphatic carbocycles. The average molecular weight is 699 g/mol. The zero-order chi connectivity index (χ0) is 35.4. The van der Waals surface area contributed by atoms with Gasteiger partial charge in [-0.15, -0.1) is 22.7 Å². The van der Waals surface area contributed by atoms with Crippen molar-refractivity contribution in [1.82, 2.24) is 15.6 Å². The molecule has 3 aromatic rings. The fraction of sp³-hybridized carbons (Fsp3) is 0.382. The van der Waals surface area contributed by atoms with Crippen molar-refractivity contribution in [3.8, 4) is 17.2 Å². The fourth-order valence-electron chi connectivity index (χ4n) is 5.02. The lowest BCUT2D eigenvalue weighted by Crippen LogP contribution is -2.45. The highest BCUT2D eigenvalue weighted by Crippen LogP contribution is 2.34. The van der Waals surface area contributed by atoms with Crippen molar-refractivity contribution in [3.05, 3.63) is 76.0 Å². The first-order valence-corrected chi connectivity index (χ1v) is 16.2.